The molecule has 94 valence electrons. The van der Waals surface area contributed by atoms with Gasteiger partial charge in [0.1, 0.15) is 5.82 Å². The number of nitrogen functional groups attached to an aromatic ring is 1. The van der Waals surface area contributed by atoms with Crippen LogP contribution in [0, 0.1) is 0 Å². The molecule has 0 aliphatic heterocycles. The van der Waals surface area contributed by atoms with Gasteiger partial charge in [0.15, 0.2) is 0 Å². The topological polar surface area (TPSA) is 75.9 Å². The Hall–Kier alpha value is -1.01. The van der Waals surface area contributed by atoms with Gasteiger partial charge in [-0.3, -0.25) is 5.43 Å². The molecule has 1 fully saturated rings. The van der Waals surface area contributed by atoms with Gasteiger partial charge in [0.05, 0.1) is 0 Å². The maximum absolute atomic E-state index is 5.29. The molecule has 0 saturated heterocycles. The van der Waals surface area contributed by atoms with Crippen molar-refractivity contribution < 1.29 is 0 Å². The number of hydrazine groups is 1. The number of hydrogen-bond donors (Lipinski definition) is 3. The van der Waals surface area contributed by atoms with Gasteiger partial charge in [-0.25, -0.2) is 10.8 Å². The molecule has 0 aromatic carbocycles. The Morgan fingerprint density at radius 3 is 3.12 bits per heavy atom. The minimum absolute atomic E-state index is 0.451. The maximum Gasteiger partial charge on any atom is 0.239 e. The molecule has 1 aliphatic rings. The van der Waals surface area contributed by atoms with Crippen molar-refractivity contribution in [2.24, 2.45) is 5.84 Å². The number of rotatable bonds is 4. The Morgan fingerprint density at radius 2 is 2.35 bits per heavy atom. The zero-order valence-corrected chi connectivity index (χ0v) is 10.8. The Balaban J connectivity index is 1.95. The Bertz CT molecular complexity index is 359. The minimum Gasteiger partial charge on any atom is -0.367 e. The predicted octanol–water partition coefficient (Wildman–Crippen LogP) is 1.85. The van der Waals surface area contributed by atoms with Crippen molar-refractivity contribution in [2.45, 2.75) is 37.0 Å². The van der Waals surface area contributed by atoms with Crippen molar-refractivity contribution in [3.8, 4) is 0 Å². The first-order valence-corrected chi connectivity index (χ1v) is 7.19. The second kappa shape index (κ2) is 6.07. The lowest BCUT2D eigenvalue weighted by Crippen LogP contribution is -2.29. The molecule has 0 spiro atoms. The Kier molecular flexibility index (Phi) is 4.44. The summed E-state index contributed by atoms with van der Waals surface area (Å²) >= 11 is 1.96. The van der Waals surface area contributed by atoms with Crippen LogP contribution in [0.25, 0.3) is 0 Å². The highest BCUT2D eigenvalue weighted by Gasteiger charge is 2.21. The molecule has 0 amide bonds. The fourth-order valence-corrected chi connectivity index (χ4v) is 3.04. The fourth-order valence-electron chi connectivity index (χ4n) is 2.21. The van der Waals surface area contributed by atoms with E-state index >= 15 is 0 Å². The van der Waals surface area contributed by atoms with E-state index in [9.17, 15) is 0 Å². The summed E-state index contributed by atoms with van der Waals surface area (Å²) in [4.78, 5) is 8.26. The van der Waals surface area contributed by atoms with E-state index in [1.807, 2.05) is 17.8 Å². The zero-order chi connectivity index (χ0) is 12.1. The molecular formula is C11H19N5S. The van der Waals surface area contributed by atoms with Crippen molar-refractivity contribution in [2.75, 3.05) is 17.0 Å². The van der Waals surface area contributed by atoms with Crippen LogP contribution in [0.4, 0.5) is 11.8 Å². The molecule has 2 unspecified atom stereocenters. The van der Waals surface area contributed by atoms with Crippen LogP contribution in [0.1, 0.15) is 25.7 Å². The van der Waals surface area contributed by atoms with Gasteiger partial charge in [-0.15, -0.1) is 0 Å². The van der Waals surface area contributed by atoms with Crippen LogP contribution in [0.3, 0.4) is 0 Å². The van der Waals surface area contributed by atoms with Crippen molar-refractivity contribution in [3.05, 3.63) is 12.3 Å². The average molecular weight is 253 g/mol. The highest BCUT2D eigenvalue weighted by Crippen LogP contribution is 2.28. The van der Waals surface area contributed by atoms with Crippen LogP contribution in [-0.4, -0.2) is 27.5 Å². The summed E-state index contributed by atoms with van der Waals surface area (Å²) in [5, 5.41) is 4.23. The number of nitrogens with two attached hydrogens (primary N) is 1. The molecule has 4 N–H and O–H groups in total. The van der Waals surface area contributed by atoms with E-state index in [-0.39, 0.29) is 0 Å². The van der Waals surface area contributed by atoms with E-state index < -0.39 is 0 Å². The van der Waals surface area contributed by atoms with Crippen LogP contribution in [-0.2, 0) is 0 Å². The summed E-state index contributed by atoms with van der Waals surface area (Å²) in [5.74, 6) is 6.59. The molecule has 0 bridgehead atoms. The van der Waals surface area contributed by atoms with E-state index in [0.29, 0.717) is 12.0 Å². The van der Waals surface area contributed by atoms with Gasteiger partial charge in [-0.2, -0.15) is 16.7 Å². The molecule has 1 aromatic rings. The second-order valence-corrected chi connectivity index (χ2v) is 5.41. The van der Waals surface area contributed by atoms with Crippen LogP contribution in [0.5, 0.6) is 0 Å². The van der Waals surface area contributed by atoms with Crippen LogP contribution < -0.4 is 16.6 Å². The molecule has 0 radical (unpaired) electrons. The van der Waals surface area contributed by atoms with Gasteiger partial charge in [0.2, 0.25) is 5.95 Å². The quantitative estimate of drug-likeness (QED) is 0.561. The summed E-state index contributed by atoms with van der Waals surface area (Å²) in [5.41, 5.74) is 2.46. The van der Waals surface area contributed by atoms with Crippen LogP contribution in [0.2, 0.25) is 0 Å². The molecule has 1 saturated carbocycles. The van der Waals surface area contributed by atoms with Crippen molar-refractivity contribution >= 4 is 23.5 Å². The van der Waals surface area contributed by atoms with E-state index in [2.05, 4.69) is 27.0 Å². The molecular weight excluding hydrogens is 234 g/mol. The van der Waals surface area contributed by atoms with E-state index in [1.165, 1.54) is 25.7 Å². The number of hydrogen-bond acceptors (Lipinski definition) is 6. The second-order valence-electron chi connectivity index (χ2n) is 4.28. The van der Waals surface area contributed by atoms with Gasteiger partial charge in [0, 0.05) is 17.5 Å². The summed E-state index contributed by atoms with van der Waals surface area (Å²) in [7, 11) is 0. The number of nitrogens with one attached hydrogen (secondary N) is 2. The highest BCUT2D eigenvalue weighted by atomic mass is 32.2. The van der Waals surface area contributed by atoms with E-state index in [4.69, 9.17) is 5.84 Å². The normalized spacial score (nSPS) is 24.4. The average Bonchev–Trinajstić information content (AvgIpc) is 2.39. The summed E-state index contributed by atoms with van der Waals surface area (Å²) < 4.78 is 0. The van der Waals surface area contributed by atoms with Gasteiger partial charge in [-0.1, -0.05) is 6.42 Å². The summed E-state index contributed by atoms with van der Waals surface area (Å²) in [6.45, 7) is 0. The monoisotopic (exact) mass is 253 g/mol. The SMILES string of the molecule is CSC1CCCC(Nc2ccnc(NN)n2)C1. The van der Waals surface area contributed by atoms with E-state index in [1.54, 1.807) is 6.20 Å². The molecule has 17 heavy (non-hydrogen) atoms. The Labute approximate surface area is 106 Å². The molecule has 1 aliphatic carbocycles. The van der Waals surface area contributed by atoms with Crippen molar-refractivity contribution in [1.82, 2.24) is 9.97 Å². The lowest BCUT2D eigenvalue weighted by Gasteiger charge is -2.29. The third kappa shape index (κ3) is 3.47. The molecule has 5 nitrogen and oxygen atoms in total. The molecule has 1 aromatic heterocycles. The summed E-state index contributed by atoms with van der Waals surface area (Å²) in [6, 6.07) is 2.39. The largest absolute Gasteiger partial charge is 0.367 e. The number of nitrogens with zero attached hydrogens (tertiary/aromatic N) is 2. The number of anilines is 2. The number of thioether (sulfide) groups is 1. The van der Waals surface area contributed by atoms with Crippen LogP contribution >= 0.6 is 11.8 Å². The van der Waals surface area contributed by atoms with E-state index in [0.717, 1.165) is 11.1 Å². The molecule has 2 atom stereocenters. The molecule has 2 rings (SSSR count). The molecule has 1 heterocycles. The predicted molar refractivity (Wildman–Crippen MR) is 73.0 cm³/mol. The summed E-state index contributed by atoms with van der Waals surface area (Å²) in [6.07, 6.45) is 8.94. The first kappa shape index (κ1) is 12.4. The first-order valence-electron chi connectivity index (χ1n) is 5.91. The maximum atomic E-state index is 5.29. The van der Waals surface area contributed by atoms with Gasteiger partial charge in [-0.05, 0) is 31.6 Å². The van der Waals surface area contributed by atoms with Crippen molar-refractivity contribution in [3.63, 3.8) is 0 Å². The standard InChI is InChI=1S/C11H19N5S/c1-17-9-4-2-3-8(7-9)14-10-5-6-13-11(15-10)16-12/h5-6,8-9H,2-4,7,12H2,1H3,(H2,13,14,15,16). The molecule has 6 heteroatoms. The smallest absolute Gasteiger partial charge is 0.239 e. The van der Waals surface area contributed by atoms with Gasteiger partial charge in [0.25, 0.3) is 0 Å². The number of aromatic nitrogens is 2. The Morgan fingerprint density at radius 1 is 1.47 bits per heavy atom. The van der Waals surface area contributed by atoms with Gasteiger partial charge >= 0.3 is 0 Å². The zero-order valence-electron chi connectivity index (χ0n) is 10.0. The lowest BCUT2D eigenvalue weighted by molar-refractivity contribution is 0.473. The first-order chi connectivity index (χ1) is 8.31. The fraction of sp³-hybridized carbons (Fsp3) is 0.636. The van der Waals surface area contributed by atoms with Crippen LogP contribution in [0.15, 0.2) is 12.3 Å². The minimum atomic E-state index is 0.451. The third-order valence-electron chi connectivity index (χ3n) is 3.10. The lowest BCUT2D eigenvalue weighted by atomic mass is 9.95. The van der Waals surface area contributed by atoms with Gasteiger partial charge < -0.3 is 5.32 Å². The third-order valence-corrected chi connectivity index (χ3v) is 4.19. The van der Waals surface area contributed by atoms with Crippen molar-refractivity contribution in [1.29, 1.82) is 0 Å². The highest BCUT2D eigenvalue weighted by molar-refractivity contribution is 7.99.